The van der Waals surface area contributed by atoms with E-state index in [-0.39, 0.29) is 43.5 Å². The molecule has 40 heavy (non-hydrogen) atoms. The van der Waals surface area contributed by atoms with Crippen LogP contribution in [0.5, 0.6) is 0 Å². The summed E-state index contributed by atoms with van der Waals surface area (Å²) in [6.07, 6.45) is -1.30. The summed E-state index contributed by atoms with van der Waals surface area (Å²) < 4.78 is 15.2. The number of amides is 1. The standard InChI is InChI=1S/C30H30N2O6S2/c1-18-24(17-39-30-32-23-4-2-3-5-25(23)40-30)37-29(38-28(18)20-8-6-19(16-33)7-9-20)21-10-12-22(13-11-21)31-26(34)14-15-27(35)36/h2-13,18,24,28-29,33H,14-17H2,1H3,(H,31,34)(H,35,36)/t18-,24+,28+,29+/m1/s1. The maximum atomic E-state index is 12.0. The fourth-order valence-electron chi connectivity index (χ4n) is 4.54. The van der Waals surface area contributed by atoms with Crippen molar-refractivity contribution >= 4 is 50.9 Å². The number of rotatable bonds is 10. The zero-order chi connectivity index (χ0) is 28.1. The van der Waals surface area contributed by atoms with E-state index in [0.29, 0.717) is 11.4 Å². The molecule has 0 bridgehead atoms. The highest BCUT2D eigenvalue weighted by Gasteiger charge is 2.38. The number of hydrogen-bond acceptors (Lipinski definition) is 8. The van der Waals surface area contributed by atoms with Crippen LogP contribution >= 0.6 is 23.1 Å². The van der Waals surface area contributed by atoms with E-state index in [9.17, 15) is 14.7 Å². The van der Waals surface area contributed by atoms with Gasteiger partial charge in [0.2, 0.25) is 5.91 Å². The SMILES string of the molecule is C[C@@H]1[C@H](CSc2nc3ccccc3s2)O[C@H](c2ccc(NC(=O)CCC(=O)O)cc2)O[C@@H]1c1ccc(CO)cc1. The lowest BCUT2D eigenvalue weighted by atomic mass is 9.91. The van der Waals surface area contributed by atoms with Crippen molar-refractivity contribution in [3.8, 4) is 0 Å². The number of hydrogen-bond donors (Lipinski definition) is 3. The molecule has 0 radical (unpaired) electrons. The predicted molar refractivity (Wildman–Crippen MR) is 155 cm³/mol. The summed E-state index contributed by atoms with van der Waals surface area (Å²) in [7, 11) is 0. The molecule has 2 heterocycles. The number of carboxylic acids is 1. The number of aromatic nitrogens is 1. The van der Waals surface area contributed by atoms with Crippen LogP contribution in [0.1, 0.15) is 48.8 Å². The van der Waals surface area contributed by atoms with E-state index >= 15 is 0 Å². The molecule has 4 aromatic rings. The van der Waals surface area contributed by atoms with E-state index in [1.165, 1.54) is 0 Å². The maximum Gasteiger partial charge on any atom is 0.303 e. The molecular weight excluding hydrogens is 548 g/mol. The van der Waals surface area contributed by atoms with Gasteiger partial charge in [0, 0.05) is 29.3 Å². The normalized spacial score (nSPS) is 20.9. The highest BCUT2D eigenvalue weighted by atomic mass is 32.2. The third-order valence-corrected chi connectivity index (χ3v) is 9.07. The number of ether oxygens (including phenoxy) is 2. The minimum Gasteiger partial charge on any atom is -0.481 e. The Morgan fingerprint density at radius 3 is 2.40 bits per heavy atom. The van der Waals surface area contributed by atoms with Gasteiger partial charge >= 0.3 is 5.97 Å². The van der Waals surface area contributed by atoms with E-state index in [0.717, 1.165) is 31.2 Å². The van der Waals surface area contributed by atoms with Gasteiger partial charge in [0.15, 0.2) is 10.6 Å². The number of fused-ring (bicyclic) bond motifs is 1. The van der Waals surface area contributed by atoms with Gasteiger partial charge < -0.3 is 25.0 Å². The first kappa shape index (κ1) is 28.3. The summed E-state index contributed by atoms with van der Waals surface area (Å²) >= 11 is 3.35. The Hall–Kier alpha value is -3.28. The molecule has 3 N–H and O–H groups in total. The molecule has 5 rings (SSSR count). The molecule has 0 unspecified atom stereocenters. The molecular formula is C30H30N2O6S2. The molecule has 1 fully saturated rings. The van der Waals surface area contributed by atoms with Gasteiger partial charge in [0.25, 0.3) is 0 Å². The number of carbonyl (C=O) groups is 2. The Balaban J connectivity index is 1.33. The number of benzene rings is 3. The molecule has 4 atom stereocenters. The number of aliphatic hydroxyl groups is 1. The third-order valence-electron chi connectivity index (χ3n) is 6.80. The lowest BCUT2D eigenvalue weighted by Gasteiger charge is -2.41. The summed E-state index contributed by atoms with van der Waals surface area (Å²) in [6, 6.07) is 23.1. The largest absolute Gasteiger partial charge is 0.481 e. The Morgan fingerprint density at radius 1 is 0.975 bits per heavy atom. The molecule has 0 aliphatic carbocycles. The van der Waals surface area contributed by atoms with E-state index < -0.39 is 12.3 Å². The average molecular weight is 579 g/mol. The molecule has 0 saturated carbocycles. The number of carbonyl (C=O) groups excluding carboxylic acids is 1. The van der Waals surface area contributed by atoms with Crippen LogP contribution in [0, 0.1) is 5.92 Å². The second kappa shape index (κ2) is 12.9. The monoisotopic (exact) mass is 578 g/mol. The topological polar surface area (TPSA) is 118 Å². The predicted octanol–water partition coefficient (Wildman–Crippen LogP) is 6.18. The molecule has 1 aliphatic rings. The number of aliphatic carboxylic acids is 1. The van der Waals surface area contributed by atoms with Crippen LogP contribution in [0.15, 0.2) is 77.1 Å². The van der Waals surface area contributed by atoms with Crippen LogP contribution in [0.25, 0.3) is 10.2 Å². The molecule has 208 valence electrons. The zero-order valence-electron chi connectivity index (χ0n) is 21.9. The molecule has 1 aromatic heterocycles. The minimum absolute atomic E-state index is 0.0201. The fraction of sp³-hybridized carbons (Fsp3) is 0.300. The van der Waals surface area contributed by atoms with E-state index in [1.54, 1.807) is 35.2 Å². The van der Waals surface area contributed by atoms with E-state index in [1.807, 2.05) is 54.6 Å². The van der Waals surface area contributed by atoms with E-state index in [4.69, 9.17) is 19.6 Å². The molecule has 10 heteroatoms. The first-order valence-corrected chi connectivity index (χ1v) is 14.8. The van der Waals surface area contributed by atoms with Gasteiger partial charge in [-0.3, -0.25) is 9.59 Å². The molecule has 1 saturated heterocycles. The summed E-state index contributed by atoms with van der Waals surface area (Å²) in [4.78, 5) is 27.5. The minimum atomic E-state index is -1.01. The van der Waals surface area contributed by atoms with Crippen LogP contribution in [0.2, 0.25) is 0 Å². The van der Waals surface area contributed by atoms with Crippen LogP contribution in [-0.2, 0) is 25.7 Å². The number of nitrogens with one attached hydrogen (secondary N) is 1. The van der Waals surface area contributed by atoms with Gasteiger partial charge in [-0.25, -0.2) is 4.98 Å². The lowest BCUT2D eigenvalue weighted by Crippen LogP contribution is -2.38. The van der Waals surface area contributed by atoms with Crippen molar-refractivity contribution in [1.82, 2.24) is 4.98 Å². The Morgan fingerprint density at radius 2 is 1.70 bits per heavy atom. The van der Waals surface area contributed by atoms with Crippen molar-refractivity contribution in [2.45, 2.75) is 49.2 Å². The van der Waals surface area contributed by atoms with Crippen molar-refractivity contribution in [2.75, 3.05) is 11.1 Å². The first-order valence-electron chi connectivity index (χ1n) is 13.0. The van der Waals surface area contributed by atoms with Crippen molar-refractivity contribution in [2.24, 2.45) is 5.92 Å². The number of aliphatic hydroxyl groups excluding tert-OH is 1. The van der Waals surface area contributed by atoms with Crippen molar-refractivity contribution in [3.63, 3.8) is 0 Å². The zero-order valence-corrected chi connectivity index (χ0v) is 23.5. The Labute approximate surface area is 240 Å². The second-order valence-corrected chi connectivity index (χ2v) is 11.9. The summed E-state index contributed by atoms with van der Waals surface area (Å²) in [5.41, 5.74) is 4.22. The maximum absolute atomic E-state index is 12.0. The van der Waals surface area contributed by atoms with Crippen molar-refractivity contribution < 1.29 is 29.3 Å². The molecule has 1 aliphatic heterocycles. The van der Waals surface area contributed by atoms with Crippen LogP contribution < -0.4 is 5.32 Å². The van der Waals surface area contributed by atoms with Gasteiger partial charge in [-0.15, -0.1) is 11.3 Å². The smallest absolute Gasteiger partial charge is 0.303 e. The molecule has 1 amide bonds. The molecule has 0 spiro atoms. The fourth-order valence-corrected chi connectivity index (χ4v) is 6.80. The summed E-state index contributed by atoms with van der Waals surface area (Å²) in [5, 5.41) is 21.0. The number of nitrogens with zero attached hydrogens (tertiary/aromatic N) is 1. The summed E-state index contributed by atoms with van der Waals surface area (Å²) in [5.74, 6) is -0.620. The second-order valence-electron chi connectivity index (χ2n) is 9.64. The van der Waals surface area contributed by atoms with E-state index in [2.05, 4.69) is 18.3 Å². The summed E-state index contributed by atoms with van der Waals surface area (Å²) in [6.45, 7) is 2.11. The number of para-hydroxylation sites is 1. The van der Waals surface area contributed by atoms with Crippen molar-refractivity contribution in [3.05, 3.63) is 89.5 Å². The molecule has 8 nitrogen and oxygen atoms in total. The quantitative estimate of drug-likeness (QED) is 0.191. The van der Waals surface area contributed by atoms with Gasteiger partial charge in [0.05, 0.1) is 35.5 Å². The van der Waals surface area contributed by atoms with Crippen LogP contribution in [0.4, 0.5) is 5.69 Å². The van der Waals surface area contributed by atoms with Crippen LogP contribution in [0.3, 0.4) is 0 Å². The highest BCUT2D eigenvalue weighted by Crippen LogP contribution is 2.43. The van der Waals surface area contributed by atoms with Gasteiger partial charge in [-0.05, 0) is 35.4 Å². The first-order chi connectivity index (χ1) is 19.4. The van der Waals surface area contributed by atoms with Crippen LogP contribution in [-0.4, -0.2) is 38.9 Å². The van der Waals surface area contributed by atoms with Gasteiger partial charge in [-0.2, -0.15) is 0 Å². The van der Waals surface area contributed by atoms with Gasteiger partial charge in [0.1, 0.15) is 0 Å². The number of thioether (sulfide) groups is 1. The van der Waals surface area contributed by atoms with Crippen molar-refractivity contribution in [1.29, 1.82) is 0 Å². The third kappa shape index (κ3) is 6.89. The Bertz CT molecular complexity index is 1420. The lowest BCUT2D eigenvalue weighted by molar-refractivity contribution is -0.268. The highest BCUT2D eigenvalue weighted by molar-refractivity contribution is 8.01. The number of carboxylic acid groups (broad SMARTS) is 1. The average Bonchev–Trinajstić information content (AvgIpc) is 3.39. The number of anilines is 1. The molecule has 3 aromatic carbocycles. The number of thiazole rings is 1. The van der Waals surface area contributed by atoms with Gasteiger partial charge in [-0.1, -0.05) is 67.2 Å². The Kier molecular flexibility index (Phi) is 9.13.